The summed E-state index contributed by atoms with van der Waals surface area (Å²) in [4.78, 5) is 14.0. The molecule has 2 amide bonds. The van der Waals surface area contributed by atoms with Gasteiger partial charge in [-0.25, -0.2) is 26.3 Å². The first-order valence-electron chi connectivity index (χ1n) is 9.35. The fourth-order valence-electron chi connectivity index (χ4n) is 2.65. The minimum absolute atomic E-state index is 0.00573. The van der Waals surface area contributed by atoms with Crippen LogP contribution in [0.2, 0.25) is 0 Å². The summed E-state index contributed by atoms with van der Waals surface area (Å²) >= 11 is 0. The standard InChI is InChI=1S/C20H26F2N4O3S/c1-4-30(28,29)26(3)12-11-25(2)14-15-5-10-18(22)19(13-15)24-20(27)23-17-8-6-16(21)7-9-17/h5-10,13H,4,11-12,14H2,1-3H3,(H2,23,24,27). The first-order valence-corrected chi connectivity index (χ1v) is 11.0. The number of hydrogen-bond acceptors (Lipinski definition) is 4. The maximum absolute atomic E-state index is 14.1. The number of carbonyl (C=O) groups is 1. The number of hydrogen-bond donors (Lipinski definition) is 2. The van der Waals surface area contributed by atoms with Gasteiger partial charge in [-0.05, 0) is 55.9 Å². The van der Waals surface area contributed by atoms with Gasteiger partial charge in [-0.1, -0.05) is 6.07 Å². The van der Waals surface area contributed by atoms with Crippen molar-refractivity contribution in [2.24, 2.45) is 0 Å². The second-order valence-electron chi connectivity index (χ2n) is 6.86. The van der Waals surface area contributed by atoms with Gasteiger partial charge in [0.05, 0.1) is 11.4 Å². The van der Waals surface area contributed by atoms with Crippen molar-refractivity contribution in [1.82, 2.24) is 9.21 Å². The molecule has 0 heterocycles. The van der Waals surface area contributed by atoms with E-state index < -0.39 is 27.7 Å². The third-order valence-corrected chi connectivity index (χ3v) is 6.33. The maximum atomic E-state index is 14.1. The van der Waals surface area contributed by atoms with Gasteiger partial charge in [0, 0.05) is 32.4 Å². The van der Waals surface area contributed by atoms with Crippen LogP contribution in [-0.4, -0.2) is 56.6 Å². The Labute approximate surface area is 175 Å². The van der Waals surface area contributed by atoms with Crippen LogP contribution < -0.4 is 10.6 Å². The van der Waals surface area contributed by atoms with E-state index in [2.05, 4.69) is 10.6 Å². The van der Waals surface area contributed by atoms with Crippen LogP contribution in [0.5, 0.6) is 0 Å². The first-order chi connectivity index (χ1) is 14.1. The van der Waals surface area contributed by atoms with Crippen LogP contribution in [-0.2, 0) is 16.6 Å². The normalized spacial score (nSPS) is 11.7. The van der Waals surface area contributed by atoms with Gasteiger partial charge in [0.15, 0.2) is 0 Å². The molecule has 2 N–H and O–H groups in total. The summed E-state index contributed by atoms with van der Waals surface area (Å²) in [5.74, 6) is -0.980. The lowest BCUT2D eigenvalue weighted by Gasteiger charge is -2.21. The molecule has 0 spiro atoms. The molecule has 0 aromatic heterocycles. The molecule has 0 radical (unpaired) electrons. The number of nitrogens with one attached hydrogen (secondary N) is 2. The summed E-state index contributed by atoms with van der Waals surface area (Å²) in [6.07, 6.45) is 0. The molecule has 164 valence electrons. The second kappa shape index (κ2) is 10.5. The largest absolute Gasteiger partial charge is 0.323 e. The van der Waals surface area contributed by atoms with E-state index in [4.69, 9.17) is 0 Å². The Morgan fingerprint density at radius 2 is 1.67 bits per heavy atom. The lowest BCUT2D eigenvalue weighted by Crippen LogP contribution is -2.35. The Hall–Kier alpha value is -2.56. The quantitative estimate of drug-likeness (QED) is 0.627. The molecule has 7 nitrogen and oxygen atoms in total. The predicted octanol–water partition coefficient (Wildman–Crippen LogP) is 3.32. The molecule has 0 fully saturated rings. The molecule has 2 aromatic carbocycles. The van der Waals surface area contributed by atoms with Crippen LogP contribution in [0.1, 0.15) is 12.5 Å². The Morgan fingerprint density at radius 3 is 2.30 bits per heavy atom. The molecule has 0 saturated carbocycles. The molecule has 0 saturated heterocycles. The van der Waals surface area contributed by atoms with Crippen molar-refractivity contribution in [2.75, 3.05) is 43.6 Å². The molecule has 10 heteroatoms. The SMILES string of the molecule is CCS(=O)(=O)N(C)CCN(C)Cc1ccc(F)c(NC(=O)Nc2ccc(F)cc2)c1. The van der Waals surface area contributed by atoms with Crippen molar-refractivity contribution in [3.63, 3.8) is 0 Å². The first kappa shape index (κ1) is 23.7. The van der Waals surface area contributed by atoms with E-state index in [0.29, 0.717) is 25.3 Å². The topological polar surface area (TPSA) is 81.8 Å². The molecule has 0 aliphatic heterocycles. The minimum Gasteiger partial charge on any atom is -0.308 e. The summed E-state index contributed by atoms with van der Waals surface area (Å²) in [5.41, 5.74) is 1.12. The molecule has 30 heavy (non-hydrogen) atoms. The Kier molecular flexibility index (Phi) is 8.27. The van der Waals surface area contributed by atoms with Crippen molar-refractivity contribution in [3.05, 3.63) is 59.7 Å². The van der Waals surface area contributed by atoms with Crippen LogP contribution >= 0.6 is 0 Å². The van der Waals surface area contributed by atoms with Gasteiger partial charge in [0.2, 0.25) is 10.0 Å². The Morgan fingerprint density at radius 1 is 1.00 bits per heavy atom. The van der Waals surface area contributed by atoms with Crippen molar-refractivity contribution in [3.8, 4) is 0 Å². The number of rotatable bonds is 9. The summed E-state index contributed by atoms with van der Waals surface area (Å²) in [5, 5.41) is 4.94. The fourth-order valence-corrected chi connectivity index (χ4v) is 3.45. The molecule has 0 aliphatic rings. The summed E-state index contributed by atoms with van der Waals surface area (Å²) < 4.78 is 52.0. The molecule has 2 aromatic rings. The minimum atomic E-state index is -3.24. The van der Waals surface area contributed by atoms with Crippen LogP contribution in [0.4, 0.5) is 25.0 Å². The average molecular weight is 441 g/mol. The highest BCUT2D eigenvalue weighted by Gasteiger charge is 2.15. The van der Waals surface area contributed by atoms with Gasteiger partial charge in [-0.2, -0.15) is 0 Å². The lowest BCUT2D eigenvalue weighted by molar-refractivity contribution is 0.262. The van der Waals surface area contributed by atoms with E-state index in [1.54, 1.807) is 13.0 Å². The van der Waals surface area contributed by atoms with E-state index in [9.17, 15) is 22.0 Å². The number of nitrogens with zero attached hydrogens (tertiary/aromatic N) is 2. The number of benzene rings is 2. The Balaban J connectivity index is 1.95. The second-order valence-corrected chi connectivity index (χ2v) is 9.22. The van der Waals surface area contributed by atoms with Crippen molar-refractivity contribution < 1.29 is 22.0 Å². The van der Waals surface area contributed by atoms with E-state index in [1.165, 1.54) is 47.8 Å². The number of anilines is 2. The average Bonchev–Trinajstić information content (AvgIpc) is 2.70. The highest BCUT2D eigenvalue weighted by Crippen LogP contribution is 2.18. The third kappa shape index (κ3) is 7.05. The Bertz CT molecular complexity index is 969. The molecular formula is C20H26F2N4O3S. The summed E-state index contributed by atoms with van der Waals surface area (Å²) in [6, 6.07) is 8.91. The highest BCUT2D eigenvalue weighted by molar-refractivity contribution is 7.89. The lowest BCUT2D eigenvalue weighted by atomic mass is 10.2. The van der Waals surface area contributed by atoms with E-state index in [0.717, 1.165) is 5.56 Å². The van der Waals surface area contributed by atoms with Crippen LogP contribution in [0, 0.1) is 11.6 Å². The maximum Gasteiger partial charge on any atom is 0.323 e. The van der Waals surface area contributed by atoms with Crippen LogP contribution in [0.15, 0.2) is 42.5 Å². The summed E-state index contributed by atoms with van der Waals surface area (Å²) in [6.45, 7) is 2.85. The van der Waals surface area contributed by atoms with Crippen molar-refractivity contribution >= 4 is 27.4 Å². The van der Waals surface area contributed by atoms with Crippen LogP contribution in [0.25, 0.3) is 0 Å². The molecule has 0 bridgehead atoms. The van der Waals surface area contributed by atoms with E-state index in [-0.39, 0.29) is 11.4 Å². The van der Waals surface area contributed by atoms with Gasteiger partial charge in [-0.3, -0.25) is 0 Å². The molecule has 0 unspecified atom stereocenters. The number of carbonyl (C=O) groups excluding carboxylic acids is 1. The van der Waals surface area contributed by atoms with Gasteiger partial charge in [0.1, 0.15) is 11.6 Å². The van der Waals surface area contributed by atoms with Gasteiger partial charge in [-0.15, -0.1) is 0 Å². The zero-order valence-corrected chi connectivity index (χ0v) is 18.0. The number of amides is 2. The molecule has 2 rings (SSSR count). The zero-order valence-electron chi connectivity index (χ0n) is 17.2. The molecule has 0 atom stereocenters. The van der Waals surface area contributed by atoms with Gasteiger partial charge < -0.3 is 15.5 Å². The predicted molar refractivity (Wildman–Crippen MR) is 114 cm³/mol. The molecule has 0 aliphatic carbocycles. The number of urea groups is 1. The number of likely N-dealkylation sites (N-methyl/N-ethyl adjacent to an activating group) is 2. The van der Waals surface area contributed by atoms with Crippen LogP contribution in [0.3, 0.4) is 0 Å². The highest BCUT2D eigenvalue weighted by atomic mass is 32.2. The van der Waals surface area contributed by atoms with E-state index in [1.807, 2.05) is 11.9 Å². The zero-order chi connectivity index (χ0) is 22.3. The number of halogens is 2. The third-order valence-electron chi connectivity index (χ3n) is 4.47. The smallest absolute Gasteiger partial charge is 0.308 e. The number of sulfonamides is 1. The van der Waals surface area contributed by atoms with Gasteiger partial charge in [0.25, 0.3) is 0 Å². The monoisotopic (exact) mass is 440 g/mol. The van der Waals surface area contributed by atoms with Crippen molar-refractivity contribution in [1.29, 1.82) is 0 Å². The van der Waals surface area contributed by atoms with Gasteiger partial charge >= 0.3 is 6.03 Å². The molecular weight excluding hydrogens is 414 g/mol. The van der Waals surface area contributed by atoms with E-state index >= 15 is 0 Å². The fraction of sp³-hybridized carbons (Fsp3) is 0.350. The van der Waals surface area contributed by atoms with Crippen molar-refractivity contribution in [2.45, 2.75) is 13.5 Å². The summed E-state index contributed by atoms with van der Waals surface area (Å²) in [7, 11) is 0.119.